The molecule has 2 N–H and O–H groups in total. The maximum absolute atomic E-state index is 12.1. The molecule has 0 aromatic rings. The Hall–Kier alpha value is -1.14. The van der Waals surface area contributed by atoms with Crippen molar-refractivity contribution in [1.29, 1.82) is 0 Å². The lowest BCUT2D eigenvalue weighted by Crippen LogP contribution is -2.53. The van der Waals surface area contributed by atoms with Crippen LogP contribution in [0.2, 0.25) is 0 Å². The number of amides is 1. The van der Waals surface area contributed by atoms with Crippen LogP contribution in [0.3, 0.4) is 0 Å². The van der Waals surface area contributed by atoms with Crippen LogP contribution >= 0.6 is 0 Å². The molecule has 2 aliphatic heterocycles. The Morgan fingerprint density at radius 3 is 2.57 bits per heavy atom. The van der Waals surface area contributed by atoms with E-state index < -0.39 is 11.5 Å². The Morgan fingerprint density at radius 1 is 1.29 bits per heavy atom. The predicted octanol–water partition coefficient (Wildman–Crippen LogP) is 1.47. The molecule has 2 fully saturated rings. The van der Waals surface area contributed by atoms with E-state index in [1.807, 2.05) is 6.92 Å². The second-order valence-electron chi connectivity index (χ2n) is 6.20. The molecule has 6 heteroatoms. The number of aliphatic carboxylic acids is 1. The summed E-state index contributed by atoms with van der Waals surface area (Å²) in [6, 6.07) is 0. The minimum Gasteiger partial charge on any atom is -0.481 e. The Bertz CT molecular complexity index is 378. The van der Waals surface area contributed by atoms with E-state index in [-0.39, 0.29) is 24.5 Å². The summed E-state index contributed by atoms with van der Waals surface area (Å²) in [6.07, 6.45) is 4.66. The average Bonchev–Trinajstić information content (AvgIpc) is 2.82. The van der Waals surface area contributed by atoms with Crippen LogP contribution < -0.4 is 5.32 Å². The number of rotatable bonds is 6. The van der Waals surface area contributed by atoms with Gasteiger partial charge in [0, 0.05) is 19.6 Å². The van der Waals surface area contributed by atoms with Crippen molar-refractivity contribution in [3.63, 3.8) is 0 Å². The maximum atomic E-state index is 12.1. The third-order valence-corrected chi connectivity index (χ3v) is 4.36. The summed E-state index contributed by atoms with van der Waals surface area (Å²) in [7, 11) is 0. The molecule has 0 bridgehead atoms. The Labute approximate surface area is 125 Å². The van der Waals surface area contributed by atoms with Crippen molar-refractivity contribution in [1.82, 2.24) is 5.32 Å². The molecular weight excluding hydrogens is 274 g/mol. The maximum Gasteiger partial charge on any atom is 0.305 e. The van der Waals surface area contributed by atoms with E-state index in [0.717, 1.165) is 12.8 Å². The van der Waals surface area contributed by atoms with Gasteiger partial charge in [-0.15, -0.1) is 0 Å². The summed E-state index contributed by atoms with van der Waals surface area (Å²) in [5.74, 6) is -0.966. The van der Waals surface area contributed by atoms with Crippen LogP contribution in [0, 0.1) is 0 Å². The van der Waals surface area contributed by atoms with Crippen LogP contribution in [-0.2, 0) is 19.1 Å². The number of carbonyl (C=O) groups is 2. The molecule has 0 saturated carbocycles. The quantitative estimate of drug-likeness (QED) is 0.776. The van der Waals surface area contributed by atoms with Crippen molar-refractivity contribution in [3.05, 3.63) is 0 Å². The summed E-state index contributed by atoms with van der Waals surface area (Å²) >= 11 is 0. The van der Waals surface area contributed by atoms with E-state index in [0.29, 0.717) is 38.9 Å². The zero-order valence-corrected chi connectivity index (χ0v) is 12.6. The van der Waals surface area contributed by atoms with Crippen molar-refractivity contribution in [2.75, 3.05) is 13.2 Å². The largest absolute Gasteiger partial charge is 0.481 e. The SMILES string of the molecule is CC1CCC(CCC(=O)NC2(CC(=O)O)CCOCC2)O1. The molecule has 120 valence electrons. The van der Waals surface area contributed by atoms with E-state index in [1.54, 1.807) is 0 Å². The highest BCUT2D eigenvalue weighted by atomic mass is 16.5. The fourth-order valence-corrected chi connectivity index (χ4v) is 3.15. The molecule has 1 amide bonds. The van der Waals surface area contributed by atoms with Crippen LogP contribution in [0.5, 0.6) is 0 Å². The van der Waals surface area contributed by atoms with Gasteiger partial charge >= 0.3 is 5.97 Å². The van der Waals surface area contributed by atoms with Gasteiger partial charge in [-0.2, -0.15) is 0 Å². The van der Waals surface area contributed by atoms with E-state index in [2.05, 4.69) is 5.32 Å². The molecule has 2 rings (SSSR count). The Morgan fingerprint density at radius 2 is 2.00 bits per heavy atom. The summed E-state index contributed by atoms with van der Waals surface area (Å²) in [5.41, 5.74) is -0.648. The molecule has 6 nitrogen and oxygen atoms in total. The lowest BCUT2D eigenvalue weighted by Gasteiger charge is -2.37. The van der Waals surface area contributed by atoms with Crippen molar-refractivity contribution >= 4 is 11.9 Å². The van der Waals surface area contributed by atoms with Gasteiger partial charge < -0.3 is 19.9 Å². The second kappa shape index (κ2) is 7.22. The molecule has 2 unspecified atom stereocenters. The molecule has 2 atom stereocenters. The molecule has 21 heavy (non-hydrogen) atoms. The van der Waals surface area contributed by atoms with Gasteiger partial charge in [0.2, 0.25) is 5.91 Å². The van der Waals surface area contributed by atoms with Gasteiger partial charge in [0.05, 0.1) is 24.2 Å². The van der Waals surface area contributed by atoms with Gasteiger partial charge in [-0.1, -0.05) is 0 Å². The van der Waals surface area contributed by atoms with Crippen LogP contribution in [0.25, 0.3) is 0 Å². The number of carbonyl (C=O) groups excluding carboxylic acids is 1. The highest BCUT2D eigenvalue weighted by Gasteiger charge is 2.36. The molecule has 0 aliphatic carbocycles. The normalized spacial score (nSPS) is 28.2. The summed E-state index contributed by atoms with van der Waals surface area (Å²) in [6.45, 7) is 3.04. The lowest BCUT2D eigenvalue weighted by molar-refractivity contribution is -0.140. The third-order valence-electron chi connectivity index (χ3n) is 4.36. The van der Waals surface area contributed by atoms with Gasteiger partial charge in [0.25, 0.3) is 0 Å². The molecule has 0 aromatic heterocycles. The smallest absolute Gasteiger partial charge is 0.305 e. The second-order valence-corrected chi connectivity index (χ2v) is 6.20. The van der Waals surface area contributed by atoms with E-state index in [4.69, 9.17) is 14.6 Å². The van der Waals surface area contributed by atoms with Crippen molar-refractivity contribution in [2.24, 2.45) is 0 Å². The van der Waals surface area contributed by atoms with Gasteiger partial charge in [-0.3, -0.25) is 9.59 Å². The summed E-state index contributed by atoms with van der Waals surface area (Å²) in [5, 5.41) is 12.0. The number of ether oxygens (including phenoxy) is 2. The van der Waals surface area contributed by atoms with Crippen LogP contribution in [0.1, 0.15) is 51.9 Å². The highest BCUT2D eigenvalue weighted by molar-refractivity contribution is 5.78. The lowest BCUT2D eigenvalue weighted by atomic mass is 9.86. The molecular formula is C15H25NO5. The van der Waals surface area contributed by atoms with Crippen molar-refractivity contribution in [3.8, 4) is 0 Å². The monoisotopic (exact) mass is 299 g/mol. The molecule has 2 aliphatic rings. The Balaban J connectivity index is 1.81. The van der Waals surface area contributed by atoms with Crippen molar-refractivity contribution in [2.45, 2.75) is 69.6 Å². The van der Waals surface area contributed by atoms with E-state index in [1.165, 1.54) is 0 Å². The minimum absolute atomic E-state index is 0.0426. The zero-order chi connectivity index (χ0) is 15.3. The first kappa shape index (κ1) is 16.2. The fraction of sp³-hybridized carbons (Fsp3) is 0.867. The standard InChI is InChI=1S/C15H25NO5/c1-11-2-3-12(21-11)4-5-13(17)16-15(10-14(18)19)6-8-20-9-7-15/h11-12H,2-10H2,1H3,(H,16,17)(H,18,19). The topological polar surface area (TPSA) is 84.9 Å². The third kappa shape index (κ3) is 4.97. The predicted molar refractivity (Wildman–Crippen MR) is 76.0 cm³/mol. The number of hydrogen-bond donors (Lipinski definition) is 2. The summed E-state index contributed by atoms with van der Waals surface area (Å²) < 4.78 is 11.0. The number of hydrogen-bond acceptors (Lipinski definition) is 4. The molecule has 2 heterocycles. The molecule has 2 saturated heterocycles. The van der Waals surface area contributed by atoms with Crippen LogP contribution in [0.15, 0.2) is 0 Å². The number of carboxylic acids is 1. The van der Waals surface area contributed by atoms with Crippen molar-refractivity contribution < 1.29 is 24.2 Å². The first-order chi connectivity index (χ1) is 9.99. The van der Waals surface area contributed by atoms with Gasteiger partial charge in [-0.25, -0.2) is 0 Å². The Kier molecular flexibility index (Phi) is 5.58. The van der Waals surface area contributed by atoms with Gasteiger partial charge in [0.1, 0.15) is 0 Å². The fourth-order valence-electron chi connectivity index (χ4n) is 3.15. The number of carboxylic acid groups (broad SMARTS) is 1. The van der Waals surface area contributed by atoms with Crippen LogP contribution in [0.4, 0.5) is 0 Å². The first-order valence-corrected chi connectivity index (χ1v) is 7.75. The average molecular weight is 299 g/mol. The zero-order valence-electron chi connectivity index (χ0n) is 12.6. The number of nitrogens with one attached hydrogen (secondary N) is 1. The van der Waals surface area contributed by atoms with Gasteiger partial charge in [-0.05, 0) is 39.0 Å². The highest BCUT2D eigenvalue weighted by Crippen LogP contribution is 2.26. The molecule has 0 spiro atoms. The van der Waals surface area contributed by atoms with Crippen LogP contribution in [-0.4, -0.2) is 47.9 Å². The first-order valence-electron chi connectivity index (χ1n) is 7.75. The molecule has 0 aromatic carbocycles. The summed E-state index contributed by atoms with van der Waals surface area (Å²) in [4.78, 5) is 23.2. The molecule has 0 radical (unpaired) electrons. The minimum atomic E-state index is -0.884. The van der Waals surface area contributed by atoms with Gasteiger partial charge in [0.15, 0.2) is 0 Å². The van der Waals surface area contributed by atoms with E-state index in [9.17, 15) is 9.59 Å². The van der Waals surface area contributed by atoms with E-state index >= 15 is 0 Å².